The molecule has 1 atom stereocenters. The molecular weight excluding hydrogens is 214 g/mol. The largest absolute Gasteiger partial charge is 0.328 e. The average molecular weight is 237 g/mol. The molecule has 2 rings (SSSR count). The van der Waals surface area contributed by atoms with Crippen LogP contribution >= 0.6 is 0 Å². The maximum absolute atomic E-state index is 11.9. The van der Waals surface area contributed by atoms with Crippen LogP contribution < -0.4 is 11.0 Å². The molecule has 0 spiro atoms. The quantitative estimate of drug-likeness (QED) is 0.842. The van der Waals surface area contributed by atoms with Crippen LogP contribution in [0.1, 0.15) is 32.6 Å². The second-order valence-electron chi connectivity index (χ2n) is 4.97. The molecule has 2 heterocycles. The highest BCUT2D eigenvalue weighted by atomic mass is 16.1. The first kappa shape index (κ1) is 12.4. The molecule has 1 aromatic heterocycles. The summed E-state index contributed by atoms with van der Waals surface area (Å²) < 4.78 is 3.66. The Morgan fingerprint density at radius 2 is 2.12 bits per heavy atom. The van der Waals surface area contributed by atoms with Crippen LogP contribution in [0.4, 0.5) is 0 Å². The highest BCUT2D eigenvalue weighted by Gasteiger charge is 2.13. The zero-order valence-electron chi connectivity index (χ0n) is 10.7. The molecule has 0 saturated carbocycles. The van der Waals surface area contributed by atoms with Crippen molar-refractivity contribution in [3.05, 3.63) is 22.9 Å². The number of hydrogen-bond donors (Lipinski definition) is 1. The summed E-state index contributed by atoms with van der Waals surface area (Å²) in [4.78, 5) is 11.9. The van der Waals surface area contributed by atoms with Gasteiger partial charge in [-0.15, -0.1) is 0 Å². The van der Waals surface area contributed by atoms with Crippen LogP contribution in [0.25, 0.3) is 0 Å². The Kier molecular flexibility index (Phi) is 4.42. The molecule has 1 saturated heterocycles. The van der Waals surface area contributed by atoms with Gasteiger partial charge < -0.3 is 5.32 Å². The fourth-order valence-corrected chi connectivity index (χ4v) is 2.53. The van der Waals surface area contributed by atoms with Gasteiger partial charge in [0.2, 0.25) is 0 Å². The van der Waals surface area contributed by atoms with Gasteiger partial charge in [-0.2, -0.15) is 0 Å². The molecule has 1 fully saturated rings. The van der Waals surface area contributed by atoms with Crippen LogP contribution in [0.15, 0.2) is 17.2 Å². The third-order valence-electron chi connectivity index (χ3n) is 3.56. The normalized spacial score (nSPS) is 20.6. The van der Waals surface area contributed by atoms with Gasteiger partial charge in [-0.05, 0) is 44.7 Å². The lowest BCUT2D eigenvalue weighted by Gasteiger charge is -2.22. The number of aromatic nitrogens is 2. The Bertz CT molecular complexity index is 388. The van der Waals surface area contributed by atoms with Gasteiger partial charge in [0.05, 0.1) is 0 Å². The summed E-state index contributed by atoms with van der Waals surface area (Å²) in [5, 5.41) is 3.42. The Morgan fingerprint density at radius 3 is 2.76 bits per heavy atom. The Labute approximate surface area is 103 Å². The van der Waals surface area contributed by atoms with E-state index >= 15 is 0 Å². The molecule has 0 radical (unpaired) electrons. The summed E-state index contributed by atoms with van der Waals surface area (Å²) in [5.74, 6) is 0.741. The van der Waals surface area contributed by atoms with Gasteiger partial charge in [0.1, 0.15) is 0 Å². The summed E-state index contributed by atoms with van der Waals surface area (Å²) in [5.41, 5.74) is 0.149. The molecule has 1 aliphatic heterocycles. The molecule has 96 valence electrons. The first-order chi connectivity index (χ1) is 8.31. The highest BCUT2D eigenvalue weighted by Crippen LogP contribution is 2.14. The van der Waals surface area contributed by atoms with Gasteiger partial charge >= 0.3 is 5.69 Å². The number of imidazole rings is 1. The second kappa shape index (κ2) is 6.05. The first-order valence-electron chi connectivity index (χ1n) is 6.77. The zero-order chi connectivity index (χ0) is 12.1. The molecule has 17 heavy (non-hydrogen) atoms. The van der Waals surface area contributed by atoms with Crippen molar-refractivity contribution >= 4 is 0 Å². The van der Waals surface area contributed by atoms with Crippen molar-refractivity contribution in [2.24, 2.45) is 5.92 Å². The van der Waals surface area contributed by atoms with Crippen molar-refractivity contribution in [3.63, 3.8) is 0 Å². The van der Waals surface area contributed by atoms with Gasteiger partial charge in [0, 0.05) is 25.5 Å². The van der Waals surface area contributed by atoms with Crippen molar-refractivity contribution < 1.29 is 0 Å². The lowest BCUT2D eigenvalue weighted by molar-refractivity contribution is 0.339. The van der Waals surface area contributed by atoms with Gasteiger partial charge in [0.25, 0.3) is 0 Å². The number of hydrogen-bond acceptors (Lipinski definition) is 2. The monoisotopic (exact) mass is 237 g/mol. The number of aryl methyl sites for hydroxylation is 2. The van der Waals surface area contributed by atoms with E-state index in [2.05, 4.69) is 12.2 Å². The summed E-state index contributed by atoms with van der Waals surface area (Å²) in [6, 6.07) is 0. The van der Waals surface area contributed by atoms with Crippen LogP contribution in [0.3, 0.4) is 0 Å². The molecule has 0 aromatic carbocycles. The Balaban J connectivity index is 1.88. The molecule has 1 aromatic rings. The van der Waals surface area contributed by atoms with E-state index in [1.54, 1.807) is 4.57 Å². The average Bonchev–Trinajstić information content (AvgIpc) is 2.70. The van der Waals surface area contributed by atoms with Gasteiger partial charge in [0.15, 0.2) is 0 Å². The molecule has 1 aliphatic rings. The maximum atomic E-state index is 11.9. The van der Waals surface area contributed by atoms with E-state index < -0.39 is 0 Å². The number of nitrogens with one attached hydrogen (secondary N) is 1. The third kappa shape index (κ3) is 3.22. The van der Waals surface area contributed by atoms with E-state index in [9.17, 15) is 4.79 Å². The minimum absolute atomic E-state index is 0.149. The molecule has 4 heteroatoms. The lowest BCUT2D eigenvalue weighted by Crippen LogP contribution is -2.31. The predicted octanol–water partition coefficient (Wildman–Crippen LogP) is 1.45. The van der Waals surface area contributed by atoms with Gasteiger partial charge in [-0.1, -0.05) is 6.92 Å². The minimum atomic E-state index is 0.149. The molecule has 1 unspecified atom stereocenters. The molecule has 0 amide bonds. The van der Waals surface area contributed by atoms with Crippen molar-refractivity contribution in [1.29, 1.82) is 0 Å². The SMILES string of the molecule is CCCn1ccn(CCC2CCCNC2)c1=O. The van der Waals surface area contributed by atoms with E-state index in [0.29, 0.717) is 0 Å². The van der Waals surface area contributed by atoms with Gasteiger partial charge in [-0.3, -0.25) is 9.13 Å². The summed E-state index contributed by atoms with van der Waals surface area (Å²) in [6.07, 6.45) is 8.53. The number of rotatable bonds is 5. The van der Waals surface area contributed by atoms with Crippen LogP contribution in [-0.2, 0) is 13.1 Å². The molecule has 4 nitrogen and oxygen atoms in total. The standard InChI is InChI=1S/C13H23N3O/c1-2-7-15-9-10-16(13(15)17)8-5-12-4-3-6-14-11-12/h9-10,12,14H,2-8,11H2,1H3. The molecule has 0 bridgehead atoms. The van der Waals surface area contributed by atoms with Crippen molar-refractivity contribution in [2.75, 3.05) is 13.1 Å². The topological polar surface area (TPSA) is 39.0 Å². The lowest BCUT2D eigenvalue weighted by atomic mass is 9.96. The third-order valence-corrected chi connectivity index (χ3v) is 3.56. The van der Waals surface area contributed by atoms with E-state index in [1.165, 1.54) is 12.8 Å². The van der Waals surface area contributed by atoms with Crippen LogP contribution in [-0.4, -0.2) is 22.2 Å². The van der Waals surface area contributed by atoms with Crippen LogP contribution in [0.5, 0.6) is 0 Å². The maximum Gasteiger partial charge on any atom is 0.328 e. The summed E-state index contributed by atoms with van der Waals surface area (Å²) >= 11 is 0. The Hall–Kier alpha value is -1.03. The van der Waals surface area contributed by atoms with E-state index in [1.807, 2.05) is 17.0 Å². The van der Waals surface area contributed by atoms with Crippen molar-refractivity contribution in [1.82, 2.24) is 14.5 Å². The number of piperidine rings is 1. The van der Waals surface area contributed by atoms with E-state index in [0.717, 1.165) is 44.9 Å². The highest BCUT2D eigenvalue weighted by molar-refractivity contribution is 4.82. The fourth-order valence-electron chi connectivity index (χ4n) is 2.53. The van der Waals surface area contributed by atoms with Crippen molar-refractivity contribution in [2.45, 2.75) is 45.7 Å². The van der Waals surface area contributed by atoms with Gasteiger partial charge in [-0.25, -0.2) is 4.79 Å². The zero-order valence-corrected chi connectivity index (χ0v) is 10.7. The van der Waals surface area contributed by atoms with Crippen LogP contribution in [0, 0.1) is 5.92 Å². The predicted molar refractivity (Wildman–Crippen MR) is 69.2 cm³/mol. The number of nitrogens with zero attached hydrogens (tertiary/aromatic N) is 2. The summed E-state index contributed by atoms with van der Waals surface area (Å²) in [7, 11) is 0. The molecule has 1 N–H and O–H groups in total. The van der Waals surface area contributed by atoms with Crippen molar-refractivity contribution in [3.8, 4) is 0 Å². The minimum Gasteiger partial charge on any atom is -0.316 e. The van der Waals surface area contributed by atoms with E-state index in [-0.39, 0.29) is 5.69 Å². The summed E-state index contributed by atoms with van der Waals surface area (Å²) in [6.45, 7) is 6.06. The second-order valence-corrected chi connectivity index (χ2v) is 4.97. The fraction of sp³-hybridized carbons (Fsp3) is 0.769. The smallest absolute Gasteiger partial charge is 0.316 e. The van der Waals surface area contributed by atoms with E-state index in [4.69, 9.17) is 0 Å². The Morgan fingerprint density at radius 1 is 1.35 bits per heavy atom. The molecular formula is C13H23N3O. The van der Waals surface area contributed by atoms with Crippen LogP contribution in [0.2, 0.25) is 0 Å². The first-order valence-corrected chi connectivity index (χ1v) is 6.77. The molecule has 0 aliphatic carbocycles.